The number of nitrogen functional groups attached to an aromatic ring is 2. The number of unbranched alkanes of at least 4 members (excludes halogenated alkanes) is 1. The molecule has 0 aromatic heterocycles. The number of hydrogen-bond donors (Lipinski definition) is 3. The number of hydrogen-bond acceptors (Lipinski definition) is 6. The average molecular weight is 358 g/mol. The van der Waals surface area contributed by atoms with Gasteiger partial charge in [0.1, 0.15) is 0 Å². The molecule has 8 nitrogen and oxygen atoms in total. The van der Waals surface area contributed by atoms with Crippen LogP contribution < -0.4 is 26.9 Å². The predicted octanol–water partition coefficient (Wildman–Crippen LogP) is 2.01. The first-order chi connectivity index (χ1) is 12.4. The minimum atomic E-state index is -0.400. The van der Waals surface area contributed by atoms with Gasteiger partial charge >= 0.3 is 0 Å². The first-order valence-electron chi connectivity index (χ1n) is 8.12. The monoisotopic (exact) mass is 358 g/mol. The van der Waals surface area contributed by atoms with Gasteiger partial charge in [-0.05, 0) is 61.4 Å². The predicted molar refractivity (Wildman–Crippen MR) is 97.5 cm³/mol. The van der Waals surface area contributed by atoms with Gasteiger partial charge in [0.15, 0.2) is 11.5 Å². The van der Waals surface area contributed by atoms with E-state index in [9.17, 15) is 9.59 Å². The number of nitrogens with zero attached hydrogens (tertiary/aromatic N) is 1. The second kappa shape index (κ2) is 9.16. The number of primary amides is 1. The van der Waals surface area contributed by atoms with Crippen molar-refractivity contribution in [2.75, 3.05) is 11.5 Å². The number of hydroxylamine groups is 2. The lowest BCUT2D eigenvalue weighted by molar-refractivity contribution is -0.246. The number of carbonyl (C=O) groups is 2. The van der Waals surface area contributed by atoms with E-state index >= 15 is 0 Å². The van der Waals surface area contributed by atoms with Crippen LogP contribution in [0.2, 0.25) is 0 Å². The minimum Gasteiger partial charge on any atom is -0.399 e. The molecular weight excluding hydrogens is 336 g/mol. The molecule has 6 N–H and O–H groups in total. The quantitative estimate of drug-likeness (QED) is 0.357. The fraction of sp³-hybridized carbons (Fsp3) is 0.222. The fourth-order valence-corrected chi connectivity index (χ4v) is 2.04. The number of rotatable bonds is 9. The van der Waals surface area contributed by atoms with Crippen molar-refractivity contribution in [1.82, 2.24) is 5.23 Å². The summed E-state index contributed by atoms with van der Waals surface area (Å²) in [7, 11) is 0. The van der Waals surface area contributed by atoms with E-state index in [0.29, 0.717) is 35.7 Å². The number of carbonyl (C=O) groups excluding carboxylic acids is 2. The van der Waals surface area contributed by atoms with Crippen LogP contribution in [0, 0.1) is 0 Å². The van der Waals surface area contributed by atoms with E-state index in [1.807, 2.05) is 0 Å². The molecule has 2 aromatic rings. The highest BCUT2D eigenvalue weighted by atomic mass is 17.0. The summed E-state index contributed by atoms with van der Waals surface area (Å²) in [6, 6.07) is 13.1. The number of amides is 2. The summed E-state index contributed by atoms with van der Waals surface area (Å²) in [4.78, 5) is 34.3. The van der Waals surface area contributed by atoms with Crippen molar-refractivity contribution in [3.8, 4) is 11.5 Å². The first kappa shape index (κ1) is 18.9. The lowest BCUT2D eigenvalue weighted by Gasteiger charge is -2.21. The molecule has 26 heavy (non-hydrogen) atoms. The minimum absolute atomic E-state index is 0.136. The molecule has 0 saturated carbocycles. The van der Waals surface area contributed by atoms with Gasteiger partial charge < -0.3 is 26.9 Å². The van der Waals surface area contributed by atoms with Crippen molar-refractivity contribution in [2.24, 2.45) is 5.73 Å². The molecule has 2 aromatic carbocycles. The van der Waals surface area contributed by atoms with Crippen LogP contribution in [0.4, 0.5) is 11.4 Å². The Bertz CT molecular complexity index is 684. The van der Waals surface area contributed by atoms with Crippen LogP contribution in [-0.4, -0.2) is 17.0 Å². The number of benzene rings is 2. The summed E-state index contributed by atoms with van der Waals surface area (Å²) >= 11 is 0. The average Bonchev–Trinajstić information content (AvgIpc) is 2.61. The number of anilines is 2. The molecule has 0 bridgehead atoms. The Morgan fingerprint density at radius 1 is 0.769 bits per heavy atom. The Morgan fingerprint density at radius 3 is 1.62 bits per heavy atom. The fourth-order valence-electron chi connectivity index (χ4n) is 2.04. The maximum Gasteiger partial charge on any atom is 0.296 e. The summed E-state index contributed by atoms with van der Waals surface area (Å²) < 4.78 is 0. The molecule has 0 radical (unpaired) electrons. The Balaban J connectivity index is 2.04. The van der Waals surface area contributed by atoms with E-state index in [0.717, 1.165) is 5.23 Å². The van der Waals surface area contributed by atoms with Crippen molar-refractivity contribution in [3.05, 3.63) is 48.5 Å². The molecule has 0 aliphatic heterocycles. The van der Waals surface area contributed by atoms with Gasteiger partial charge in [-0.15, -0.1) is 0 Å². The first-order valence-corrected chi connectivity index (χ1v) is 8.12. The molecule has 0 spiro atoms. The second-order valence-corrected chi connectivity index (χ2v) is 5.64. The maximum atomic E-state index is 12.4. The Labute approximate surface area is 151 Å². The molecule has 8 heteroatoms. The van der Waals surface area contributed by atoms with Crippen molar-refractivity contribution >= 4 is 23.2 Å². The summed E-state index contributed by atoms with van der Waals surface area (Å²) in [6.45, 7) is 0. The maximum absolute atomic E-state index is 12.4. The molecule has 0 unspecified atom stereocenters. The second-order valence-electron chi connectivity index (χ2n) is 5.64. The van der Waals surface area contributed by atoms with Crippen LogP contribution in [0.25, 0.3) is 0 Å². The lowest BCUT2D eigenvalue weighted by Crippen LogP contribution is -2.37. The standard InChI is InChI=1S/C18H22N4O4/c19-13-5-9-15(10-6-13)25-22(18(24)4-2-1-3-17(21)23)26-16-11-7-14(20)8-12-16/h5-12H,1-4,19-20H2,(H2,21,23). The third kappa shape index (κ3) is 6.23. The Kier molecular flexibility index (Phi) is 6.67. The molecular formula is C18H22N4O4. The highest BCUT2D eigenvalue weighted by Crippen LogP contribution is 2.19. The van der Waals surface area contributed by atoms with Gasteiger partial charge in [0.05, 0.1) is 0 Å². The molecule has 138 valence electrons. The Hall–Kier alpha value is -3.42. The van der Waals surface area contributed by atoms with E-state index < -0.39 is 11.8 Å². The van der Waals surface area contributed by atoms with Crippen LogP contribution in [0.5, 0.6) is 11.5 Å². The highest BCUT2D eigenvalue weighted by Gasteiger charge is 2.18. The summed E-state index contributed by atoms with van der Waals surface area (Å²) in [5.41, 5.74) is 17.5. The molecule has 0 aliphatic carbocycles. The third-order valence-corrected chi connectivity index (χ3v) is 3.40. The van der Waals surface area contributed by atoms with E-state index in [4.69, 9.17) is 26.9 Å². The lowest BCUT2D eigenvalue weighted by atomic mass is 10.2. The van der Waals surface area contributed by atoms with Crippen LogP contribution in [0.1, 0.15) is 25.7 Å². The summed E-state index contributed by atoms with van der Waals surface area (Å²) in [5.74, 6) is -0.0195. The normalized spacial score (nSPS) is 10.2. The molecule has 0 atom stereocenters. The van der Waals surface area contributed by atoms with E-state index in [1.165, 1.54) is 0 Å². The van der Waals surface area contributed by atoms with Gasteiger partial charge in [-0.1, -0.05) is 0 Å². The number of nitrogens with two attached hydrogens (primary N) is 3. The van der Waals surface area contributed by atoms with Gasteiger partial charge in [-0.25, -0.2) is 0 Å². The van der Waals surface area contributed by atoms with Gasteiger partial charge in [-0.3, -0.25) is 9.59 Å². The SMILES string of the molecule is NC(=O)CCCCC(=O)N(Oc1ccc(N)cc1)Oc1ccc(N)cc1. The van der Waals surface area contributed by atoms with Gasteiger partial charge in [0, 0.05) is 29.4 Å². The van der Waals surface area contributed by atoms with Crippen molar-refractivity contribution in [1.29, 1.82) is 0 Å². The van der Waals surface area contributed by atoms with Crippen molar-refractivity contribution in [3.63, 3.8) is 0 Å². The Morgan fingerprint density at radius 2 is 1.19 bits per heavy atom. The zero-order valence-corrected chi connectivity index (χ0v) is 14.3. The molecule has 2 rings (SSSR count). The zero-order chi connectivity index (χ0) is 18.9. The van der Waals surface area contributed by atoms with Gasteiger partial charge in [0.25, 0.3) is 5.91 Å². The van der Waals surface area contributed by atoms with Crippen LogP contribution in [0.15, 0.2) is 48.5 Å². The van der Waals surface area contributed by atoms with Crippen molar-refractivity contribution in [2.45, 2.75) is 25.7 Å². The molecule has 0 heterocycles. The van der Waals surface area contributed by atoms with Crippen LogP contribution in [0.3, 0.4) is 0 Å². The highest BCUT2D eigenvalue weighted by molar-refractivity contribution is 5.75. The van der Waals surface area contributed by atoms with E-state index in [1.54, 1.807) is 48.5 Å². The van der Waals surface area contributed by atoms with Gasteiger partial charge in [0.2, 0.25) is 5.91 Å². The largest absolute Gasteiger partial charge is 0.399 e. The third-order valence-electron chi connectivity index (χ3n) is 3.40. The van der Waals surface area contributed by atoms with Crippen LogP contribution >= 0.6 is 0 Å². The topological polar surface area (TPSA) is 134 Å². The summed E-state index contributed by atoms with van der Waals surface area (Å²) in [6.07, 6.45) is 1.36. The summed E-state index contributed by atoms with van der Waals surface area (Å²) in [5, 5.41) is 0.807. The van der Waals surface area contributed by atoms with E-state index in [2.05, 4.69) is 0 Å². The smallest absolute Gasteiger partial charge is 0.296 e. The molecule has 0 aliphatic rings. The van der Waals surface area contributed by atoms with Gasteiger partial charge in [-0.2, -0.15) is 0 Å². The molecule has 2 amide bonds. The van der Waals surface area contributed by atoms with Crippen LogP contribution in [-0.2, 0) is 9.59 Å². The zero-order valence-electron chi connectivity index (χ0n) is 14.3. The van der Waals surface area contributed by atoms with Crippen molar-refractivity contribution < 1.29 is 19.3 Å². The molecule has 0 saturated heterocycles. The molecule has 0 fully saturated rings. The van der Waals surface area contributed by atoms with E-state index in [-0.39, 0.29) is 12.8 Å².